The SMILES string of the molecule is COc1cccc(C2NC(=O)NC(CCc3ccc4c(c3)OCO4)=C2C(=O)OCc2cccc(Cl)c2)c1. The molecule has 0 bridgehead atoms. The topological polar surface area (TPSA) is 95.1 Å². The smallest absolute Gasteiger partial charge is 0.338 e. The molecule has 3 aromatic carbocycles. The Kier molecular flexibility index (Phi) is 7.18. The number of rotatable bonds is 8. The second kappa shape index (κ2) is 10.8. The molecule has 0 saturated carbocycles. The Balaban J connectivity index is 1.45. The van der Waals surface area contributed by atoms with E-state index in [1.54, 1.807) is 37.4 Å². The summed E-state index contributed by atoms with van der Waals surface area (Å²) in [7, 11) is 1.56. The third-order valence-electron chi connectivity index (χ3n) is 6.16. The van der Waals surface area contributed by atoms with Crippen molar-refractivity contribution in [2.45, 2.75) is 25.5 Å². The number of nitrogens with one attached hydrogen (secondary N) is 2. The molecule has 8 nitrogen and oxygen atoms in total. The lowest BCUT2D eigenvalue weighted by molar-refractivity contribution is -0.140. The number of allylic oxidation sites excluding steroid dienone is 1. The zero-order valence-corrected chi connectivity index (χ0v) is 20.8. The van der Waals surface area contributed by atoms with Gasteiger partial charge in [-0.25, -0.2) is 9.59 Å². The van der Waals surface area contributed by atoms with Crippen molar-refractivity contribution in [1.29, 1.82) is 0 Å². The van der Waals surface area contributed by atoms with E-state index in [-0.39, 0.29) is 13.4 Å². The van der Waals surface area contributed by atoms with Gasteiger partial charge in [0.1, 0.15) is 12.4 Å². The Morgan fingerprint density at radius 2 is 1.84 bits per heavy atom. The van der Waals surface area contributed by atoms with E-state index < -0.39 is 18.0 Å². The Bertz CT molecular complexity index is 1370. The molecule has 0 aliphatic carbocycles. The minimum atomic E-state index is -0.720. The first kappa shape index (κ1) is 24.5. The lowest BCUT2D eigenvalue weighted by atomic mass is 9.93. The summed E-state index contributed by atoms with van der Waals surface area (Å²) in [6.45, 7) is 0.230. The second-order valence-corrected chi connectivity index (χ2v) is 9.03. The first-order chi connectivity index (χ1) is 18.0. The van der Waals surface area contributed by atoms with Crippen LogP contribution in [0.4, 0.5) is 4.79 Å². The first-order valence-electron chi connectivity index (χ1n) is 11.7. The van der Waals surface area contributed by atoms with Crippen LogP contribution in [-0.2, 0) is 22.6 Å². The summed E-state index contributed by atoms with van der Waals surface area (Å²) in [5, 5.41) is 6.24. The molecule has 0 spiro atoms. The van der Waals surface area contributed by atoms with Gasteiger partial charge in [0.15, 0.2) is 11.5 Å². The third kappa shape index (κ3) is 5.65. The molecule has 190 valence electrons. The maximum atomic E-state index is 13.5. The van der Waals surface area contributed by atoms with Gasteiger partial charge >= 0.3 is 12.0 Å². The van der Waals surface area contributed by atoms with Crippen LogP contribution in [0, 0.1) is 0 Å². The Morgan fingerprint density at radius 1 is 1.00 bits per heavy atom. The highest BCUT2D eigenvalue weighted by Gasteiger charge is 2.34. The highest BCUT2D eigenvalue weighted by Crippen LogP contribution is 2.34. The van der Waals surface area contributed by atoms with Crippen LogP contribution >= 0.6 is 11.6 Å². The summed E-state index contributed by atoms with van der Waals surface area (Å²) in [5.41, 5.74) is 3.26. The summed E-state index contributed by atoms with van der Waals surface area (Å²) < 4.78 is 21.9. The number of halogens is 1. The van der Waals surface area contributed by atoms with Crippen LogP contribution < -0.4 is 24.8 Å². The van der Waals surface area contributed by atoms with Gasteiger partial charge in [-0.1, -0.05) is 41.9 Å². The predicted molar refractivity (Wildman–Crippen MR) is 137 cm³/mol. The van der Waals surface area contributed by atoms with E-state index in [2.05, 4.69) is 10.6 Å². The number of aryl methyl sites for hydroxylation is 1. The van der Waals surface area contributed by atoms with Gasteiger partial charge in [-0.3, -0.25) is 0 Å². The summed E-state index contributed by atoms with van der Waals surface area (Å²) >= 11 is 6.08. The number of esters is 1. The lowest BCUT2D eigenvalue weighted by Crippen LogP contribution is -2.46. The molecular weight excluding hydrogens is 496 g/mol. The molecule has 2 amide bonds. The number of benzene rings is 3. The van der Waals surface area contributed by atoms with E-state index in [4.69, 9.17) is 30.5 Å². The molecule has 0 saturated heterocycles. The zero-order chi connectivity index (χ0) is 25.8. The van der Waals surface area contributed by atoms with Crippen LogP contribution in [0.25, 0.3) is 0 Å². The molecule has 1 unspecified atom stereocenters. The van der Waals surface area contributed by atoms with Crippen molar-refractivity contribution in [2.75, 3.05) is 13.9 Å². The number of methoxy groups -OCH3 is 1. The monoisotopic (exact) mass is 520 g/mol. The van der Waals surface area contributed by atoms with E-state index in [1.165, 1.54) is 0 Å². The van der Waals surface area contributed by atoms with Crippen molar-refractivity contribution >= 4 is 23.6 Å². The number of hydrogen-bond donors (Lipinski definition) is 2. The molecule has 9 heteroatoms. The molecule has 2 N–H and O–H groups in total. The molecular formula is C28H25ClN2O6. The first-order valence-corrected chi connectivity index (χ1v) is 12.1. The summed E-state index contributed by atoms with van der Waals surface area (Å²) in [4.78, 5) is 26.2. The molecule has 2 aliphatic rings. The minimum absolute atomic E-state index is 0.0388. The van der Waals surface area contributed by atoms with Gasteiger partial charge in [0, 0.05) is 10.7 Å². The lowest BCUT2D eigenvalue weighted by Gasteiger charge is -2.29. The van der Waals surface area contributed by atoms with Crippen LogP contribution in [-0.4, -0.2) is 25.9 Å². The van der Waals surface area contributed by atoms with Crippen molar-refractivity contribution in [1.82, 2.24) is 10.6 Å². The fourth-order valence-electron chi connectivity index (χ4n) is 4.35. The van der Waals surface area contributed by atoms with Crippen molar-refractivity contribution in [2.24, 2.45) is 0 Å². The van der Waals surface area contributed by atoms with E-state index in [0.29, 0.717) is 51.9 Å². The maximum Gasteiger partial charge on any atom is 0.338 e. The van der Waals surface area contributed by atoms with Gasteiger partial charge in [-0.15, -0.1) is 0 Å². The fourth-order valence-corrected chi connectivity index (χ4v) is 4.56. The number of hydrogen-bond acceptors (Lipinski definition) is 6. The average molecular weight is 521 g/mol. The quantitative estimate of drug-likeness (QED) is 0.403. The molecule has 0 aromatic heterocycles. The zero-order valence-electron chi connectivity index (χ0n) is 20.1. The Hall–Kier alpha value is -4.17. The van der Waals surface area contributed by atoms with Crippen LogP contribution in [0.5, 0.6) is 17.2 Å². The summed E-state index contributed by atoms with van der Waals surface area (Å²) in [6, 6.07) is 18.9. The third-order valence-corrected chi connectivity index (χ3v) is 6.40. The molecule has 2 heterocycles. The van der Waals surface area contributed by atoms with Gasteiger partial charge in [0.05, 0.1) is 18.7 Å². The highest BCUT2D eigenvalue weighted by atomic mass is 35.5. The molecule has 1 atom stereocenters. The van der Waals surface area contributed by atoms with Gasteiger partial charge in [0.25, 0.3) is 0 Å². The van der Waals surface area contributed by atoms with Crippen molar-refractivity contribution in [3.8, 4) is 17.2 Å². The summed E-state index contributed by atoms with van der Waals surface area (Å²) in [6.07, 6.45) is 0.956. The molecule has 3 aromatic rings. The molecule has 0 fully saturated rings. The summed E-state index contributed by atoms with van der Waals surface area (Å²) in [5.74, 6) is 1.44. The van der Waals surface area contributed by atoms with E-state index in [9.17, 15) is 9.59 Å². The van der Waals surface area contributed by atoms with Crippen molar-refractivity contribution < 1.29 is 28.5 Å². The number of urea groups is 1. The molecule has 37 heavy (non-hydrogen) atoms. The van der Waals surface area contributed by atoms with Crippen molar-refractivity contribution in [3.05, 3.63) is 99.7 Å². The normalized spacial score (nSPS) is 16.2. The second-order valence-electron chi connectivity index (χ2n) is 8.59. The largest absolute Gasteiger partial charge is 0.497 e. The van der Waals surface area contributed by atoms with Gasteiger partial charge in [-0.05, 0) is 65.9 Å². The fraction of sp³-hybridized carbons (Fsp3) is 0.214. The van der Waals surface area contributed by atoms with Crippen LogP contribution in [0.2, 0.25) is 5.02 Å². The standard InChI is InChI=1S/C28H25ClN2O6/c1-34-21-7-3-5-19(14-21)26-25(27(32)35-15-18-4-2-6-20(29)12-18)22(30-28(33)31-26)10-8-17-9-11-23-24(13-17)37-16-36-23/h2-7,9,11-14,26H,8,10,15-16H2,1H3,(H2,30,31,33). The predicted octanol–water partition coefficient (Wildman–Crippen LogP) is 5.06. The minimum Gasteiger partial charge on any atom is -0.497 e. The van der Waals surface area contributed by atoms with E-state index >= 15 is 0 Å². The number of carbonyl (C=O) groups is 2. The van der Waals surface area contributed by atoms with Gasteiger partial charge in [0.2, 0.25) is 6.79 Å². The van der Waals surface area contributed by atoms with Crippen LogP contribution in [0.3, 0.4) is 0 Å². The Labute approximate surface area is 219 Å². The maximum absolute atomic E-state index is 13.5. The van der Waals surface area contributed by atoms with E-state index in [1.807, 2.05) is 36.4 Å². The average Bonchev–Trinajstić information content (AvgIpc) is 3.38. The highest BCUT2D eigenvalue weighted by molar-refractivity contribution is 6.30. The molecule has 2 aliphatic heterocycles. The number of amides is 2. The van der Waals surface area contributed by atoms with Crippen LogP contribution in [0.1, 0.15) is 29.2 Å². The molecule has 5 rings (SSSR count). The van der Waals surface area contributed by atoms with E-state index in [0.717, 1.165) is 11.1 Å². The number of fused-ring (bicyclic) bond motifs is 1. The van der Waals surface area contributed by atoms with Gasteiger partial charge in [-0.2, -0.15) is 0 Å². The molecule has 0 radical (unpaired) electrons. The van der Waals surface area contributed by atoms with Gasteiger partial charge < -0.3 is 29.6 Å². The van der Waals surface area contributed by atoms with Crippen LogP contribution in [0.15, 0.2) is 78.0 Å². The van der Waals surface area contributed by atoms with Crippen molar-refractivity contribution in [3.63, 3.8) is 0 Å². The number of ether oxygens (including phenoxy) is 4. The Morgan fingerprint density at radius 3 is 2.68 bits per heavy atom. The number of carbonyl (C=O) groups excluding carboxylic acids is 2.